The van der Waals surface area contributed by atoms with Crippen LogP contribution in [0.5, 0.6) is 0 Å². The van der Waals surface area contributed by atoms with Gasteiger partial charge in [-0.2, -0.15) is 10.3 Å². The highest BCUT2D eigenvalue weighted by Crippen LogP contribution is 2.27. The molecule has 2 N–H and O–H groups in total. The van der Waals surface area contributed by atoms with Crippen molar-refractivity contribution in [2.75, 3.05) is 0 Å². The second-order valence-corrected chi connectivity index (χ2v) is 11.5. The molecule has 0 aliphatic heterocycles. The second kappa shape index (κ2) is 6.28. The summed E-state index contributed by atoms with van der Waals surface area (Å²) in [4.78, 5) is 13.7. The summed E-state index contributed by atoms with van der Waals surface area (Å²) in [5, 5.41) is 2.72. The van der Waals surface area contributed by atoms with Gasteiger partial charge in [0.2, 0.25) is 20.0 Å². The third-order valence-electron chi connectivity index (χ3n) is 2.37. The van der Waals surface area contributed by atoms with Crippen molar-refractivity contribution in [1.29, 1.82) is 0 Å². The van der Waals surface area contributed by atoms with E-state index in [0.717, 1.165) is 0 Å². The van der Waals surface area contributed by atoms with Crippen molar-refractivity contribution < 1.29 is 21.6 Å². The van der Waals surface area contributed by atoms with Crippen LogP contribution in [0.15, 0.2) is 5.22 Å². The monoisotopic (exact) mass is 356 g/mol. The Morgan fingerprint density at radius 2 is 1.36 bits per heavy atom. The Morgan fingerprint density at radius 3 is 1.64 bits per heavy atom. The van der Waals surface area contributed by atoms with Crippen molar-refractivity contribution in [2.24, 2.45) is 5.22 Å². The van der Waals surface area contributed by atoms with Gasteiger partial charge in [0.15, 0.2) is 0 Å². The Labute approximate surface area is 129 Å². The van der Waals surface area contributed by atoms with E-state index in [9.17, 15) is 21.6 Å². The molecule has 128 valence electrons. The number of carbonyl (C=O) groups excluding carboxylic acids is 1. The van der Waals surface area contributed by atoms with Crippen molar-refractivity contribution in [1.82, 2.24) is 14.7 Å². The summed E-state index contributed by atoms with van der Waals surface area (Å²) in [5.74, 6) is 0. The number of nitrogens with one attached hydrogen (secondary N) is 2. The summed E-state index contributed by atoms with van der Waals surface area (Å²) >= 11 is 0. The van der Waals surface area contributed by atoms with Gasteiger partial charge in [-0.25, -0.2) is 27.1 Å². The lowest BCUT2D eigenvalue weighted by Crippen LogP contribution is -2.59. The molecule has 0 aromatic carbocycles. The summed E-state index contributed by atoms with van der Waals surface area (Å²) < 4.78 is 46.7. The number of amides is 2. The molecule has 0 rings (SSSR count). The van der Waals surface area contributed by atoms with Crippen molar-refractivity contribution in [2.45, 2.75) is 51.0 Å². The molecule has 0 radical (unpaired) electrons. The molecule has 0 aromatic heterocycles. The largest absolute Gasteiger partial charge is 0.425 e. The van der Waals surface area contributed by atoms with Gasteiger partial charge in [0.25, 0.3) is 0 Å². The Hall–Kier alpha value is -1.56. The summed E-state index contributed by atoms with van der Waals surface area (Å²) in [5.41, 5.74) is 11.4. The lowest BCUT2D eigenvalue weighted by molar-refractivity contribution is 0.231. The number of hydrazine groups is 1. The van der Waals surface area contributed by atoms with Crippen LogP contribution in [-0.2, 0) is 20.0 Å². The first kappa shape index (κ1) is 20.4. The first-order valence-electron chi connectivity index (χ1n) is 5.99. The zero-order chi connectivity index (χ0) is 18.0. The SMILES string of the molecule is CC(C)(C)S(=O)(=O)N(NC(=O)NN=[N+]=[N-])S(=O)(=O)C(C)(C)C. The van der Waals surface area contributed by atoms with Crippen LogP contribution in [0.2, 0.25) is 0 Å². The summed E-state index contributed by atoms with van der Waals surface area (Å²) in [6.45, 7) is 7.67. The van der Waals surface area contributed by atoms with Gasteiger partial charge in [0, 0.05) is 3.82 Å². The maximum absolute atomic E-state index is 12.5. The maximum Gasteiger partial charge on any atom is 0.425 e. The average Bonchev–Trinajstić information content (AvgIpc) is 2.30. The lowest BCUT2D eigenvalue weighted by atomic mass is 10.3. The molecule has 0 aliphatic carbocycles. The molecule has 0 heterocycles. The van der Waals surface area contributed by atoms with E-state index in [4.69, 9.17) is 5.53 Å². The zero-order valence-corrected chi connectivity index (χ0v) is 14.8. The van der Waals surface area contributed by atoms with E-state index in [0.29, 0.717) is 0 Å². The van der Waals surface area contributed by atoms with Crippen LogP contribution in [0.3, 0.4) is 0 Å². The average molecular weight is 356 g/mol. The van der Waals surface area contributed by atoms with Gasteiger partial charge in [0.1, 0.15) is 0 Å². The number of urea groups is 1. The van der Waals surface area contributed by atoms with Gasteiger partial charge < -0.3 is 0 Å². The van der Waals surface area contributed by atoms with Crippen LogP contribution in [0.4, 0.5) is 4.79 Å². The molecule has 0 bridgehead atoms. The highest BCUT2D eigenvalue weighted by molar-refractivity contribution is 8.05. The Bertz CT molecular complexity index is 635. The van der Waals surface area contributed by atoms with Crippen LogP contribution >= 0.6 is 0 Å². The summed E-state index contributed by atoms with van der Waals surface area (Å²) in [6, 6.07) is -1.31. The minimum absolute atomic E-state index is 0.0950. The standard InChI is InChI=1S/C9H20N6O5S2/c1-8(2,3)21(17,18)15(12-7(16)11-14-13-10)22(19,20)9(4,5)6/h1-6H3,(H2,11,12,16). The summed E-state index contributed by atoms with van der Waals surface area (Å²) in [6.07, 6.45) is 0. The minimum atomic E-state index is -4.46. The normalized spacial score (nSPS) is 13.4. The van der Waals surface area contributed by atoms with E-state index in [1.54, 1.807) is 10.9 Å². The molecule has 13 heteroatoms. The number of nitrogens with zero attached hydrogens (tertiary/aromatic N) is 4. The topological polar surface area (TPSA) is 161 Å². The van der Waals surface area contributed by atoms with Crippen LogP contribution in [0.25, 0.3) is 10.4 Å². The molecule has 2 amide bonds. The van der Waals surface area contributed by atoms with E-state index in [1.165, 1.54) is 41.5 Å². The molecule has 22 heavy (non-hydrogen) atoms. The van der Waals surface area contributed by atoms with Gasteiger partial charge >= 0.3 is 6.03 Å². The molecule has 0 atom stereocenters. The van der Waals surface area contributed by atoms with Crippen LogP contribution in [0.1, 0.15) is 41.5 Å². The van der Waals surface area contributed by atoms with Crippen LogP contribution in [-0.4, -0.2) is 36.2 Å². The van der Waals surface area contributed by atoms with E-state index < -0.39 is 35.6 Å². The molecule has 0 fully saturated rings. The first-order chi connectivity index (χ1) is 9.59. The fourth-order valence-electron chi connectivity index (χ4n) is 0.923. The van der Waals surface area contributed by atoms with Crippen molar-refractivity contribution in [3.8, 4) is 0 Å². The predicted molar refractivity (Wildman–Crippen MR) is 80.0 cm³/mol. The smallest absolute Gasteiger partial charge is 0.222 e. The third kappa shape index (κ3) is 4.22. The summed E-state index contributed by atoms with van der Waals surface area (Å²) in [7, 11) is -8.92. The molecule has 0 saturated carbocycles. The number of hydrogen-bond acceptors (Lipinski definition) is 6. The fraction of sp³-hybridized carbons (Fsp3) is 0.889. The van der Waals surface area contributed by atoms with Gasteiger partial charge in [-0.05, 0) is 46.8 Å². The zero-order valence-electron chi connectivity index (χ0n) is 13.1. The second-order valence-electron chi connectivity index (χ2n) is 6.17. The Morgan fingerprint density at radius 1 is 1.00 bits per heavy atom. The van der Waals surface area contributed by atoms with E-state index in [2.05, 4.69) is 10.1 Å². The maximum atomic E-state index is 12.5. The fourth-order valence-corrected chi connectivity index (χ4v) is 4.70. The molecular weight excluding hydrogens is 336 g/mol. The van der Waals surface area contributed by atoms with Gasteiger partial charge in [0.05, 0.1) is 9.49 Å². The van der Waals surface area contributed by atoms with Crippen molar-refractivity contribution in [3.63, 3.8) is 0 Å². The highest BCUT2D eigenvalue weighted by atomic mass is 32.3. The quantitative estimate of drug-likeness (QED) is 0.331. The predicted octanol–water partition coefficient (Wildman–Crippen LogP) is 0.985. The van der Waals surface area contributed by atoms with Crippen molar-refractivity contribution >= 4 is 26.1 Å². The minimum Gasteiger partial charge on any atom is -0.222 e. The Kier molecular flexibility index (Phi) is 5.84. The number of sulfonamides is 2. The Balaban J connectivity index is 6.06. The van der Waals surface area contributed by atoms with Crippen LogP contribution in [0, 0.1) is 0 Å². The lowest BCUT2D eigenvalue weighted by Gasteiger charge is -2.32. The molecule has 0 saturated heterocycles. The molecule has 0 unspecified atom stereocenters. The molecule has 0 spiro atoms. The third-order valence-corrected chi connectivity index (χ3v) is 7.70. The number of azide groups is 1. The van der Waals surface area contributed by atoms with Gasteiger partial charge in [-0.3, -0.25) is 0 Å². The van der Waals surface area contributed by atoms with Gasteiger partial charge in [-0.1, -0.05) is 0 Å². The molecule has 0 aliphatic rings. The highest BCUT2D eigenvalue weighted by Gasteiger charge is 2.48. The number of hydrogen-bond donors (Lipinski definition) is 2. The van der Waals surface area contributed by atoms with Gasteiger partial charge in [-0.15, -0.1) is 5.53 Å². The number of rotatable bonds is 4. The van der Waals surface area contributed by atoms with E-state index in [1.807, 2.05) is 0 Å². The van der Waals surface area contributed by atoms with Crippen molar-refractivity contribution in [3.05, 3.63) is 10.4 Å². The van der Waals surface area contributed by atoms with E-state index in [-0.39, 0.29) is 3.82 Å². The molecule has 0 aromatic rings. The molecular formula is C9H20N6O5S2. The van der Waals surface area contributed by atoms with Crippen LogP contribution < -0.4 is 10.9 Å². The first-order valence-corrected chi connectivity index (χ1v) is 8.87. The van der Waals surface area contributed by atoms with E-state index >= 15 is 0 Å². The number of carbonyl (C=O) groups is 1. The molecule has 11 nitrogen and oxygen atoms in total.